The highest BCUT2D eigenvalue weighted by atomic mass is 32.2. The summed E-state index contributed by atoms with van der Waals surface area (Å²) in [7, 11) is 0. The highest BCUT2D eigenvalue weighted by Gasteiger charge is 2.53. The molecule has 2 amide bonds. The number of carbonyl (C=O) groups is 4. The number of carboxylic acids is 2. The molecule has 4 rings (SSSR count). The van der Waals surface area contributed by atoms with E-state index < -0.39 is 41.3 Å². The van der Waals surface area contributed by atoms with Crippen LogP contribution in [0.5, 0.6) is 0 Å². The van der Waals surface area contributed by atoms with Crippen molar-refractivity contribution in [3.8, 4) is 0 Å². The lowest BCUT2D eigenvalue weighted by molar-refractivity contribution is -0.733. The third-order valence-corrected chi connectivity index (χ3v) is 9.00. The highest BCUT2D eigenvalue weighted by Crippen LogP contribution is 2.41. The first-order valence-corrected chi connectivity index (χ1v) is 15.1. The lowest BCUT2D eigenvalue weighted by Gasteiger charge is -2.50. The van der Waals surface area contributed by atoms with Gasteiger partial charge in [0, 0.05) is 23.0 Å². The second-order valence-electron chi connectivity index (χ2n) is 8.83. The van der Waals surface area contributed by atoms with Crippen molar-refractivity contribution < 1.29 is 38.8 Å². The molecule has 218 valence electrons. The minimum atomic E-state index is -1.51. The first-order valence-electron chi connectivity index (χ1n) is 12.1. The summed E-state index contributed by atoms with van der Waals surface area (Å²) < 4.78 is 1.86. The van der Waals surface area contributed by atoms with Crippen LogP contribution in [0.15, 0.2) is 39.2 Å². The van der Waals surface area contributed by atoms with Crippen molar-refractivity contribution in [2.24, 2.45) is 5.16 Å². The molecule has 2 aliphatic rings. The summed E-state index contributed by atoms with van der Waals surface area (Å²) in [6, 6.07) is 0.599. The molecule has 18 heteroatoms. The van der Waals surface area contributed by atoms with E-state index in [1.807, 2.05) is 11.5 Å². The van der Waals surface area contributed by atoms with Crippen molar-refractivity contribution in [2.45, 2.75) is 49.5 Å². The minimum absolute atomic E-state index is 0.0709. The molecule has 4 heterocycles. The van der Waals surface area contributed by atoms with E-state index in [1.165, 1.54) is 35.8 Å². The van der Waals surface area contributed by atoms with Gasteiger partial charge in [0.1, 0.15) is 23.2 Å². The fourth-order valence-corrected chi connectivity index (χ4v) is 7.06. The zero-order valence-electron chi connectivity index (χ0n) is 21.8. The first-order chi connectivity index (χ1) is 19.5. The second kappa shape index (κ2) is 12.7. The number of fused-ring (bicyclic) bond motifs is 1. The standard InChI is InChI=1S/C23H26N8O7S3/c1-3-30-5-4-13(24)27-23(30)41-8-11-7-39-20-16(19(35)31(20)17(11)21(36)37)28-18(34)15(12-9-40-22(25)26-12)29-38-10(2)6-14(32)33/h4-5,9-10,16,20,24H,3,6-8H2,1-2H3,(H5,25,26,28,32,33,34,36,37)/b29-15-/t10?,16?,20-/m1/s1. The van der Waals surface area contributed by atoms with Gasteiger partial charge in [0.15, 0.2) is 10.8 Å². The lowest BCUT2D eigenvalue weighted by Crippen LogP contribution is -2.71. The number of aromatic nitrogens is 3. The third kappa shape index (κ3) is 6.71. The number of hydrogen-bond acceptors (Lipinski definition) is 14. The predicted octanol–water partition coefficient (Wildman–Crippen LogP) is -1.21. The Morgan fingerprint density at radius 3 is 2.78 bits per heavy atom. The Morgan fingerprint density at radius 2 is 2.15 bits per heavy atom. The summed E-state index contributed by atoms with van der Waals surface area (Å²) in [6.45, 7) is 4.03. The maximum atomic E-state index is 13.2. The zero-order chi connectivity index (χ0) is 29.8. The van der Waals surface area contributed by atoms with Crippen LogP contribution >= 0.6 is 34.9 Å². The monoisotopic (exact) mass is 622 g/mol. The van der Waals surface area contributed by atoms with E-state index >= 15 is 0 Å². The molecule has 0 aromatic carbocycles. The van der Waals surface area contributed by atoms with E-state index in [9.17, 15) is 24.3 Å². The van der Waals surface area contributed by atoms with Crippen molar-refractivity contribution >= 4 is 75.3 Å². The first kappa shape index (κ1) is 30.1. The van der Waals surface area contributed by atoms with Crippen LogP contribution in [0.2, 0.25) is 0 Å². The van der Waals surface area contributed by atoms with E-state index in [4.69, 9.17) is 21.4 Å². The summed E-state index contributed by atoms with van der Waals surface area (Å²) in [5, 5.41) is 28.9. The van der Waals surface area contributed by atoms with E-state index in [0.29, 0.717) is 23.1 Å². The number of aryl methyl sites for hydroxylation is 1. The van der Waals surface area contributed by atoms with Gasteiger partial charge in [-0.25, -0.2) is 9.55 Å². The molecule has 1 fully saturated rings. The van der Waals surface area contributed by atoms with Crippen molar-refractivity contribution in [1.29, 1.82) is 0 Å². The number of oxime groups is 1. The summed E-state index contributed by atoms with van der Waals surface area (Å²) in [5.74, 6) is -3.26. The predicted molar refractivity (Wildman–Crippen MR) is 148 cm³/mol. The summed E-state index contributed by atoms with van der Waals surface area (Å²) in [6.07, 6.45) is 0.561. The Kier molecular flexibility index (Phi) is 9.34. The van der Waals surface area contributed by atoms with E-state index in [1.54, 1.807) is 12.3 Å². The summed E-state index contributed by atoms with van der Waals surface area (Å²) >= 11 is 3.62. The highest BCUT2D eigenvalue weighted by molar-refractivity contribution is 8.01. The van der Waals surface area contributed by atoms with Crippen LogP contribution in [0.1, 0.15) is 26.0 Å². The molecular weight excluding hydrogens is 597 g/mol. The van der Waals surface area contributed by atoms with Gasteiger partial charge < -0.3 is 36.6 Å². The number of rotatable bonds is 12. The van der Waals surface area contributed by atoms with Crippen molar-refractivity contribution in [3.63, 3.8) is 0 Å². The molecule has 41 heavy (non-hydrogen) atoms. The van der Waals surface area contributed by atoms with Crippen LogP contribution < -0.4 is 26.5 Å². The number of nitrogens with zero attached hydrogens (tertiary/aromatic N) is 5. The number of carboxylic acid groups (broad SMARTS) is 2. The molecule has 15 nitrogen and oxygen atoms in total. The maximum Gasteiger partial charge on any atom is 0.361 e. The van der Waals surface area contributed by atoms with E-state index in [-0.39, 0.29) is 40.2 Å². The molecule has 0 saturated carbocycles. The van der Waals surface area contributed by atoms with Gasteiger partial charge in [0.25, 0.3) is 11.8 Å². The van der Waals surface area contributed by atoms with E-state index in [2.05, 4.69) is 20.4 Å². The number of aliphatic carboxylic acids is 2. The number of thioether (sulfide) groups is 2. The largest absolute Gasteiger partial charge is 0.543 e. The summed E-state index contributed by atoms with van der Waals surface area (Å²) in [5.41, 5.74) is 11.5. The van der Waals surface area contributed by atoms with Crippen LogP contribution in [0.3, 0.4) is 0 Å². The third-order valence-electron chi connectivity index (χ3n) is 5.90. The molecule has 2 aromatic rings. The average molecular weight is 623 g/mol. The second-order valence-corrected chi connectivity index (χ2v) is 11.8. The Morgan fingerprint density at radius 1 is 1.39 bits per heavy atom. The molecular formula is C23H26N8O7S3. The fourth-order valence-electron chi connectivity index (χ4n) is 3.97. The van der Waals surface area contributed by atoms with Gasteiger partial charge >= 0.3 is 11.1 Å². The van der Waals surface area contributed by atoms with E-state index in [0.717, 1.165) is 16.2 Å². The van der Waals surface area contributed by atoms with Gasteiger partial charge in [0.2, 0.25) is 5.82 Å². The molecule has 0 bridgehead atoms. The molecule has 2 aliphatic heterocycles. The topological polar surface area (TPSA) is 230 Å². The van der Waals surface area contributed by atoms with Crippen molar-refractivity contribution in [3.05, 3.63) is 34.6 Å². The van der Waals surface area contributed by atoms with Crippen molar-refractivity contribution in [1.82, 2.24) is 20.2 Å². The Hall–Kier alpha value is -3.90. The van der Waals surface area contributed by atoms with Gasteiger partial charge in [0.05, 0.1) is 30.8 Å². The zero-order valence-corrected chi connectivity index (χ0v) is 24.3. The Bertz CT molecular complexity index is 1450. The van der Waals surface area contributed by atoms with Gasteiger partial charge in [-0.05, 0) is 36.2 Å². The molecule has 2 unspecified atom stereocenters. The average Bonchev–Trinajstić information content (AvgIpc) is 3.35. The van der Waals surface area contributed by atoms with Crippen LogP contribution in [0.4, 0.5) is 10.9 Å². The number of nitrogens with two attached hydrogens (primary N) is 2. The number of nitrogens with one attached hydrogen (secondary N) is 1. The van der Waals surface area contributed by atoms with Gasteiger partial charge in [-0.2, -0.15) is 0 Å². The Balaban J connectivity index is 1.50. The number of thiazole rings is 1. The quantitative estimate of drug-likeness (QED) is 0.0544. The number of amides is 2. The molecule has 6 N–H and O–H groups in total. The van der Waals surface area contributed by atoms with Crippen LogP contribution in [0.25, 0.3) is 0 Å². The SMILES string of the molecule is CC[n+]1ccc(N)nc1SCC1=C(C(=O)[O-])N2C(=O)C(NC(=O)/C(=N\OC(C)CC(=O)O)c3csc(N)n3)[C@H]2SC1. The van der Waals surface area contributed by atoms with Crippen LogP contribution in [-0.2, 0) is 30.6 Å². The molecule has 0 aliphatic carbocycles. The van der Waals surface area contributed by atoms with Gasteiger partial charge in [-0.15, -0.1) is 23.1 Å². The molecule has 0 radical (unpaired) electrons. The normalized spacial score (nSPS) is 19.3. The van der Waals surface area contributed by atoms with Crippen molar-refractivity contribution in [2.75, 3.05) is 23.0 Å². The van der Waals surface area contributed by atoms with Crippen LogP contribution in [0, 0.1) is 0 Å². The molecule has 1 saturated heterocycles. The number of anilines is 2. The fraction of sp³-hybridized carbons (Fsp3) is 0.391. The Labute approximate surface area is 246 Å². The molecule has 0 spiro atoms. The molecule has 2 aromatic heterocycles. The molecule has 3 atom stereocenters. The van der Waals surface area contributed by atoms with Gasteiger partial charge in [-0.3, -0.25) is 19.3 Å². The number of β-lactam (4-membered cyclic amide) rings is 1. The number of carbonyl (C=O) groups excluding carboxylic acids is 3. The van der Waals surface area contributed by atoms with Gasteiger partial charge in [-0.1, -0.05) is 5.16 Å². The number of nitrogen functional groups attached to an aromatic ring is 2. The summed E-state index contributed by atoms with van der Waals surface area (Å²) in [4.78, 5) is 64.0. The van der Waals surface area contributed by atoms with Crippen LogP contribution in [-0.4, -0.2) is 78.5 Å². The number of hydrogen-bond donors (Lipinski definition) is 4. The minimum Gasteiger partial charge on any atom is -0.543 e. The maximum absolute atomic E-state index is 13.2. The lowest BCUT2D eigenvalue weighted by atomic mass is 10.0. The smallest absolute Gasteiger partial charge is 0.361 e.